The first kappa shape index (κ1) is 10.6. The highest BCUT2D eigenvalue weighted by Gasteiger charge is 2.14. The van der Waals surface area contributed by atoms with E-state index in [1.165, 1.54) is 6.42 Å². The molecule has 0 radical (unpaired) electrons. The van der Waals surface area contributed by atoms with Crippen LogP contribution in [0.15, 0.2) is 29.0 Å². The van der Waals surface area contributed by atoms with Gasteiger partial charge in [-0.15, -0.1) is 0 Å². The maximum Gasteiger partial charge on any atom is 0.139 e. The zero-order valence-corrected chi connectivity index (χ0v) is 9.69. The van der Waals surface area contributed by atoms with E-state index < -0.39 is 0 Å². The third kappa shape index (κ3) is 2.26. The van der Waals surface area contributed by atoms with Gasteiger partial charge in [-0.3, -0.25) is 0 Å². The molecule has 0 bridgehead atoms. The molecule has 3 heterocycles. The molecule has 2 aromatic rings. The summed E-state index contributed by atoms with van der Waals surface area (Å²) >= 11 is 0. The highest BCUT2D eigenvalue weighted by Crippen LogP contribution is 2.22. The van der Waals surface area contributed by atoms with Crippen molar-refractivity contribution in [1.29, 1.82) is 0 Å². The third-order valence-corrected chi connectivity index (χ3v) is 3.19. The van der Waals surface area contributed by atoms with Crippen molar-refractivity contribution in [2.24, 2.45) is 5.92 Å². The van der Waals surface area contributed by atoms with E-state index >= 15 is 0 Å². The number of anilines is 1. The summed E-state index contributed by atoms with van der Waals surface area (Å²) in [5, 5.41) is 4.44. The summed E-state index contributed by atoms with van der Waals surface area (Å²) in [6.07, 6.45) is 5.86. The lowest BCUT2D eigenvalue weighted by Crippen LogP contribution is -2.24. The van der Waals surface area contributed by atoms with Crippen molar-refractivity contribution >= 4 is 16.8 Å². The summed E-state index contributed by atoms with van der Waals surface area (Å²) in [6.45, 7) is 2.68. The molecule has 0 spiro atoms. The van der Waals surface area contributed by atoms with Gasteiger partial charge in [0.15, 0.2) is 0 Å². The summed E-state index contributed by atoms with van der Waals surface area (Å²) < 4.78 is 10.8. The molecule has 1 aliphatic rings. The van der Waals surface area contributed by atoms with Crippen LogP contribution in [0.2, 0.25) is 0 Å². The Bertz CT molecular complexity index is 489. The smallest absolute Gasteiger partial charge is 0.139 e. The Morgan fingerprint density at radius 2 is 2.41 bits per heavy atom. The largest absolute Gasteiger partial charge is 0.464 e. The second kappa shape index (κ2) is 4.75. The molecule has 1 unspecified atom stereocenters. The molecule has 4 nitrogen and oxygen atoms in total. The second-order valence-electron chi connectivity index (χ2n) is 4.46. The average Bonchev–Trinajstić information content (AvgIpc) is 2.86. The van der Waals surface area contributed by atoms with Crippen LogP contribution in [0.1, 0.15) is 12.8 Å². The Balaban J connectivity index is 1.69. The van der Waals surface area contributed by atoms with Crippen molar-refractivity contribution in [3.63, 3.8) is 0 Å². The van der Waals surface area contributed by atoms with E-state index in [1.54, 1.807) is 12.5 Å². The maximum atomic E-state index is 5.46. The van der Waals surface area contributed by atoms with E-state index in [1.807, 2.05) is 12.1 Å². The molecular formula is C13H16N2O2. The van der Waals surface area contributed by atoms with Gasteiger partial charge in [0, 0.05) is 19.3 Å². The molecular weight excluding hydrogens is 216 g/mol. The van der Waals surface area contributed by atoms with Gasteiger partial charge in [0.25, 0.3) is 0 Å². The van der Waals surface area contributed by atoms with Gasteiger partial charge in [-0.1, -0.05) is 0 Å². The van der Waals surface area contributed by atoms with Crippen molar-refractivity contribution in [2.45, 2.75) is 12.8 Å². The quantitative estimate of drug-likeness (QED) is 0.883. The lowest BCUT2D eigenvalue weighted by molar-refractivity contribution is 0.0595. The molecule has 90 valence electrons. The zero-order valence-electron chi connectivity index (χ0n) is 9.69. The van der Waals surface area contributed by atoms with Crippen molar-refractivity contribution < 1.29 is 9.15 Å². The monoisotopic (exact) mass is 232 g/mol. The first-order chi connectivity index (χ1) is 8.43. The molecule has 2 aromatic heterocycles. The molecule has 0 saturated carbocycles. The fourth-order valence-electron chi connectivity index (χ4n) is 2.24. The van der Waals surface area contributed by atoms with Crippen LogP contribution in [0.5, 0.6) is 0 Å². The Morgan fingerprint density at radius 3 is 3.29 bits per heavy atom. The number of ether oxygens (including phenoxy) is 1. The molecule has 1 atom stereocenters. The van der Waals surface area contributed by atoms with E-state index in [-0.39, 0.29) is 0 Å². The average molecular weight is 232 g/mol. The zero-order chi connectivity index (χ0) is 11.5. The number of fused-ring (bicyclic) bond motifs is 1. The minimum Gasteiger partial charge on any atom is -0.464 e. The number of hydrogen-bond acceptors (Lipinski definition) is 4. The number of hydrogen-bond donors (Lipinski definition) is 1. The van der Waals surface area contributed by atoms with Crippen LogP contribution in [0, 0.1) is 5.92 Å². The lowest BCUT2D eigenvalue weighted by Gasteiger charge is -2.22. The topological polar surface area (TPSA) is 47.3 Å². The van der Waals surface area contributed by atoms with Gasteiger partial charge in [0.05, 0.1) is 18.3 Å². The number of aromatic nitrogens is 1. The van der Waals surface area contributed by atoms with Crippen LogP contribution in [0.25, 0.3) is 11.0 Å². The molecule has 4 heteroatoms. The highest BCUT2D eigenvalue weighted by atomic mass is 16.5. The maximum absolute atomic E-state index is 5.46. The fraction of sp³-hybridized carbons (Fsp3) is 0.462. The number of furan rings is 1. The van der Waals surface area contributed by atoms with Crippen LogP contribution in [-0.2, 0) is 4.74 Å². The van der Waals surface area contributed by atoms with Gasteiger partial charge in [-0.25, -0.2) is 4.98 Å². The minimum absolute atomic E-state index is 0.590. The predicted molar refractivity (Wildman–Crippen MR) is 66.0 cm³/mol. The fourth-order valence-corrected chi connectivity index (χ4v) is 2.24. The predicted octanol–water partition coefficient (Wildman–Crippen LogP) is 2.67. The summed E-state index contributed by atoms with van der Waals surface area (Å²) in [7, 11) is 0. The van der Waals surface area contributed by atoms with Gasteiger partial charge in [0.1, 0.15) is 11.4 Å². The summed E-state index contributed by atoms with van der Waals surface area (Å²) in [5.41, 5.74) is 0.877. The molecule has 1 N–H and O–H groups in total. The van der Waals surface area contributed by atoms with Crippen molar-refractivity contribution in [3.05, 3.63) is 24.6 Å². The first-order valence-electron chi connectivity index (χ1n) is 6.07. The molecule has 1 aliphatic heterocycles. The van der Waals surface area contributed by atoms with Crippen LogP contribution in [0.4, 0.5) is 5.82 Å². The van der Waals surface area contributed by atoms with Gasteiger partial charge < -0.3 is 14.5 Å². The Morgan fingerprint density at radius 1 is 1.41 bits per heavy atom. The van der Waals surface area contributed by atoms with Crippen LogP contribution in [0.3, 0.4) is 0 Å². The molecule has 0 aromatic carbocycles. The van der Waals surface area contributed by atoms with E-state index in [2.05, 4.69) is 10.3 Å². The lowest BCUT2D eigenvalue weighted by atomic mass is 10.0. The van der Waals surface area contributed by atoms with Gasteiger partial charge in [-0.2, -0.15) is 0 Å². The number of pyridine rings is 1. The summed E-state index contributed by atoms with van der Waals surface area (Å²) in [6, 6.07) is 3.83. The second-order valence-corrected chi connectivity index (χ2v) is 4.46. The van der Waals surface area contributed by atoms with Gasteiger partial charge in [0.2, 0.25) is 0 Å². The number of nitrogens with zero attached hydrogens (tertiary/aromatic N) is 1. The molecule has 0 aliphatic carbocycles. The van der Waals surface area contributed by atoms with Crippen LogP contribution in [-0.4, -0.2) is 24.7 Å². The third-order valence-electron chi connectivity index (χ3n) is 3.19. The minimum atomic E-state index is 0.590. The Kier molecular flexibility index (Phi) is 2.96. The Labute approximate surface area is 100.0 Å². The normalized spacial score (nSPS) is 20.6. The molecule has 1 fully saturated rings. The highest BCUT2D eigenvalue weighted by molar-refractivity contribution is 5.87. The van der Waals surface area contributed by atoms with E-state index in [0.717, 1.165) is 43.0 Å². The van der Waals surface area contributed by atoms with E-state index in [9.17, 15) is 0 Å². The van der Waals surface area contributed by atoms with E-state index in [0.29, 0.717) is 5.92 Å². The summed E-state index contributed by atoms with van der Waals surface area (Å²) in [5.74, 6) is 1.49. The number of nitrogens with one attached hydrogen (secondary N) is 1. The SMILES string of the molecule is c1cc2occc2c(NCC2CCCOC2)n1. The standard InChI is InChI=1S/C13H16N2O2/c1-2-10(9-16-6-1)8-15-13-11-4-7-17-12(11)3-5-14-13/h3-5,7,10H,1-2,6,8-9H2,(H,14,15). The molecule has 0 amide bonds. The van der Waals surface area contributed by atoms with Gasteiger partial charge in [-0.05, 0) is 30.9 Å². The van der Waals surface area contributed by atoms with Crippen LogP contribution >= 0.6 is 0 Å². The van der Waals surface area contributed by atoms with Crippen LogP contribution < -0.4 is 5.32 Å². The number of rotatable bonds is 3. The molecule has 3 rings (SSSR count). The first-order valence-corrected chi connectivity index (χ1v) is 6.07. The molecule has 1 saturated heterocycles. The molecule has 17 heavy (non-hydrogen) atoms. The van der Waals surface area contributed by atoms with Crippen molar-refractivity contribution in [2.75, 3.05) is 25.1 Å². The van der Waals surface area contributed by atoms with Gasteiger partial charge >= 0.3 is 0 Å². The summed E-state index contributed by atoms with van der Waals surface area (Å²) in [4.78, 5) is 4.35. The van der Waals surface area contributed by atoms with Crippen molar-refractivity contribution in [3.8, 4) is 0 Å². The Hall–Kier alpha value is -1.55. The van der Waals surface area contributed by atoms with Crippen molar-refractivity contribution in [1.82, 2.24) is 4.98 Å². The van der Waals surface area contributed by atoms with E-state index in [4.69, 9.17) is 9.15 Å².